The van der Waals surface area contributed by atoms with Gasteiger partial charge in [0.1, 0.15) is 5.75 Å². The molecule has 0 aliphatic heterocycles. The maximum atomic E-state index is 11.0. The van der Waals surface area contributed by atoms with Crippen LogP contribution >= 0.6 is 0 Å². The molecule has 1 heterocycles. The number of rotatable bonds is 3. The van der Waals surface area contributed by atoms with Crippen molar-refractivity contribution < 1.29 is 4.74 Å². The molecule has 2 aromatic rings. The molecule has 0 saturated heterocycles. The number of aromatic nitrogens is 3. The molecule has 2 N–H and O–H groups in total. The Morgan fingerprint density at radius 2 is 1.88 bits per heavy atom. The first-order chi connectivity index (χ1) is 8.17. The third-order valence-electron chi connectivity index (χ3n) is 1.97. The molecule has 0 radical (unpaired) electrons. The predicted octanol–water partition coefficient (Wildman–Crippen LogP) is 0.894. The molecule has 0 atom stereocenters. The largest absolute Gasteiger partial charge is 0.425 e. The van der Waals surface area contributed by atoms with E-state index in [1.165, 1.54) is 0 Å². The lowest BCUT2D eigenvalue weighted by Gasteiger charge is -2.03. The van der Waals surface area contributed by atoms with Gasteiger partial charge in [0.15, 0.2) is 0 Å². The number of benzene rings is 1. The zero-order chi connectivity index (χ0) is 12.3. The van der Waals surface area contributed by atoms with E-state index in [9.17, 15) is 9.59 Å². The molecular weight excluding hydrogens is 222 g/mol. The molecule has 86 valence electrons. The molecular formula is C11H9N3O3. The van der Waals surface area contributed by atoms with E-state index in [1.807, 2.05) is 4.98 Å². The van der Waals surface area contributed by atoms with Gasteiger partial charge in [-0.05, 0) is 17.7 Å². The average Bonchev–Trinajstić information content (AvgIpc) is 2.28. The fraction of sp³-hybridized carbons (Fsp3) is 0. The van der Waals surface area contributed by atoms with Gasteiger partial charge in [-0.1, -0.05) is 24.8 Å². The molecule has 6 nitrogen and oxygen atoms in total. The van der Waals surface area contributed by atoms with Gasteiger partial charge in [0, 0.05) is 0 Å². The van der Waals surface area contributed by atoms with Crippen LogP contribution in [0.5, 0.6) is 11.8 Å². The first-order valence-corrected chi connectivity index (χ1v) is 4.78. The number of ether oxygens (including phenoxy) is 1. The topological polar surface area (TPSA) is 87.8 Å². The zero-order valence-corrected chi connectivity index (χ0v) is 8.77. The molecule has 0 saturated carbocycles. The van der Waals surface area contributed by atoms with Crippen LogP contribution in [-0.2, 0) is 0 Å². The lowest BCUT2D eigenvalue weighted by atomic mass is 10.2. The summed E-state index contributed by atoms with van der Waals surface area (Å²) in [4.78, 5) is 29.5. The first-order valence-electron chi connectivity index (χ1n) is 4.78. The van der Waals surface area contributed by atoms with Crippen molar-refractivity contribution in [2.24, 2.45) is 0 Å². The predicted molar refractivity (Wildman–Crippen MR) is 62.1 cm³/mol. The maximum absolute atomic E-state index is 11.0. The van der Waals surface area contributed by atoms with Crippen LogP contribution in [0.4, 0.5) is 0 Å². The third-order valence-corrected chi connectivity index (χ3v) is 1.97. The van der Waals surface area contributed by atoms with E-state index >= 15 is 0 Å². The summed E-state index contributed by atoms with van der Waals surface area (Å²) in [6.07, 6.45) is 1.69. The van der Waals surface area contributed by atoms with Crippen molar-refractivity contribution in [2.75, 3.05) is 0 Å². The van der Waals surface area contributed by atoms with Crippen molar-refractivity contribution in [1.82, 2.24) is 15.0 Å². The van der Waals surface area contributed by atoms with Crippen molar-refractivity contribution in [3.63, 3.8) is 0 Å². The summed E-state index contributed by atoms with van der Waals surface area (Å²) < 4.78 is 5.22. The molecule has 0 spiro atoms. The second-order valence-corrected chi connectivity index (χ2v) is 3.18. The summed E-state index contributed by atoms with van der Waals surface area (Å²) in [7, 11) is 0. The Morgan fingerprint density at radius 3 is 2.47 bits per heavy atom. The van der Waals surface area contributed by atoms with Crippen LogP contribution in [0.1, 0.15) is 5.56 Å². The molecule has 0 aliphatic carbocycles. The highest BCUT2D eigenvalue weighted by Crippen LogP contribution is 2.16. The molecule has 2 rings (SSSR count). The Bertz CT molecular complexity index is 612. The number of hydrogen-bond acceptors (Lipinski definition) is 4. The van der Waals surface area contributed by atoms with Gasteiger partial charge in [-0.25, -0.2) is 9.59 Å². The SMILES string of the molecule is C=Cc1ccc(Oc2nc(=O)[nH]c(=O)[nH]2)cc1. The van der Waals surface area contributed by atoms with E-state index in [-0.39, 0.29) is 6.01 Å². The van der Waals surface area contributed by atoms with Crippen molar-refractivity contribution in [3.8, 4) is 11.8 Å². The third kappa shape index (κ3) is 2.69. The minimum atomic E-state index is -0.758. The molecule has 0 bridgehead atoms. The Labute approximate surface area is 95.6 Å². The van der Waals surface area contributed by atoms with E-state index in [2.05, 4.69) is 16.5 Å². The minimum absolute atomic E-state index is 0.148. The first kappa shape index (κ1) is 10.9. The summed E-state index contributed by atoms with van der Waals surface area (Å²) in [5, 5.41) is 0. The van der Waals surface area contributed by atoms with Crippen molar-refractivity contribution in [1.29, 1.82) is 0 Å². The quantitative estimate of drug-likeness (QED) is 0.821. The van der Waals surface area contributed by atoms with Gasteiger partial charge in [0.25, 0.3) is 0 Å². The summed E-state index contributed by atoms with van der Waals surface area (Å²) >= 11 is 0. The van der Waals surface area contributed by atoms with Crippen molar-refractivity contribution in [2.45, 2.75) is 0 Å². The lowest BCUT2D eigenvalue weighted by Crippen LogP contribution is -2.24. The Morgan fingerprint density at radius 1 is 1.18 bits per heavy atom. The molecule has 6 heteroatoms. The molecule has 1 aromatic carbocycles. The van der Waals surface area contributed by atoms with E-state index in [0.29, 0.717) is 5.75 Å². The van der Waals surface area contributed by atoms with Crippen LogP contribution in [0.2, 0.25) is 0 Å². The average molecular weight is 231 g/mol. The van der Waals surface area contributed by atoms with Crippen molar-refractivity contribution >= 4 is 6.08 Å². The van der Waals surface area contributed by atoms with Gasteiger partial charge in [-0.3, -0.25) is 9.97 Å². The second kappa shape index (κ2) is 4.48. The molecule has 0 amide bonds. The summed E-state index contributed by atoms with van der Waals surface area (Å²) in [5.41, 5.74) is -0.487. The second-order valence-electron chi connectivity index (χ2n) is 3.18. The molecule has 0 fully saturated rings. The molecule has 0 aliphatic rings. The van der Waals surface area contributed by atoms with Gasteiger partial charge in [-0.15, -0.1) is 4.98 Å². The number of H-pyrrole nitrogens is 2. The van der Waals surface area contributed by atoms with Gasteiger partial charge in [0.05, 0.1) is 0 Å². The lowest BCUT2D eigenvalue weighted by molar-refractivity contribution is 0.434. The highest BCUT2D eigenvalue weighted by atomic mass is 16.5. The van der Waals surface area contributed by atoms with Gasteiger partial charge in [0.2, 0.25) is 0 Å². The minimum Gasteiger partial charge on any atom is -0.425 e. The zero-order valence-electron chi connectivity index (χ0n) is 8.77. The molecule has 17 heavy (non-hydrogen) atoms. The maximum Gasteiger partial charge on any atom is 0.353 e. The highest BCUT2D eigenvalue weighted by molar-refractivity contribution is 5.48. The van der Waals surface area contributed by atoms with Crippen molar-refractivity contribution in [3.05, 3.63) is 57.4 Å². The molecule has 0 unspecified atom stereocenters. The Hall–Kier alpha value is -2.63. The number of hydrogen-bond donors (Lipinski definition) is 2. The van der Waals surface area contributed by atoms with Gasteiger partial charge >= 0.3 is 17.4 Å². The smallest absolute Gasteiger partial charge is 0.353 e. The summed E-state index contributed by atoms with van der Waals surface area (Å²) in [6.45, 7) is 3.62. The van der Waals surface area contributed by atoms with Gasteiger partial charge < -0.3 is 4.74 Å². The Kier molecular flexibility index (Phi) is 2.87. The van der Waals surface area contributed by atoms with E-state index in [4.69, 9.17) is 4.74 Å². The van der Waals surface area contributed by atoms with E-state index < -0.39 is 11.4 Å². The number of nitrogens with one attached hydrogen (secondary N) is 2. The molecule has 1 aromatic heterocycles. The van der Waals surface area contributed by atoms with Crippen LogP contribution in [0.3, 0.4) is 0 Å². The van der Waals surface area contributed by atoms with Crippen LogP contribution < -0.4 is 16.1 Å². The van der Waals surface area contributed by atoms with Crippen LogP contribution in [0, 0.1) is 0 Å². The van der Waals surface area contributed by atoms with Crippen LogP contribution in [0.15, 0.2) is 40.4 Å². The Balaban J connectivity index is 2.27. The van der Waals surface area contributed by atoms with Crippen LogP contribution in [-0.4, -0.2) is 15.0 Å². The summed E-state index contributed by atoms with van der Waals surface area (Å²) in [5.74, 6) is 0.462. The van der Waals surface area contributed by atoms with E-state index in [1.54, 1.807) is 30.3 Å². The normalized spacial score (nSPS) is 9.88. The monoisotopic (exact) mass is 231 g/mol. The standard InChI is InChI=1S/C11H9N3O3/c1-2-7-3-5-8(6-4-7)17-11-13-9(15)12-10(16)14-11/h2-6H,1H2,(H2,12,13,14,15,16). The fourth-order valence-electron chi connectivity index (χ4n) is 1.21. The summed E-state index contributed by atoms with van der Waals surface area (Å²) in [6, 6.07) is 6.78. The number of aromatic amines is 2. The number of nitrogens with zero attached hydrogens (tertiary/aromatic N) is 1. The van der Waals surface area contributed by atoms with E-state index in [0.717, 1.165) is 5.56 Å². The fourth-order valence-corrected chi connectivity index (χ4v) is 1.21. The highest BCUT2D eigenvalue weighted by Gasteiger charge is 2.01. The van der Waals surface area contributed by atoms with Gasteiger partial charge in [-0.2, -0.15) is 0 Å². The van der Waals surface area contributed by atoms with Crippen LogP contribution in [0.25, 0.3) is 6.08 Å².